The molecule has 1 aromatic carbocycles. The largest absolute Gasteiger partial charge is 0.387 e. The fourth-order valence-electron chi connectivity index (χ4n) is 2.50. The Labute approximate surface area is 126 Å². The van der Waals surface area contributed by atoms with E-state index >= 15 is 0 Å². The molecule has 3 unspecified atom stereocenters. The molecule has 1 aliphatic rings. The van der Waals surface area contributed by atoms with Crippen LogP contribution in [0.25, 0.3) is 0 Å². The summed E-state index contributed by atoms with van der Waals surface area (Å²) < 4.78 is 28.2. The number of aliphatic hydroxyl groups is 1. The molecule has 0 bridgehead atoms. The van der Waals surface area contributed by atoms with Crippen molar-refractivity contribution in [3.8, 4) is 0 Å². The number of rotatable bonds is 6. The Bertz CT molecular complexity index is 556. The normalized spacial score (nSPS) is 24.1. The van der Waals surface area contributed by atoms with Crippen molar-refractivity contribution in [2.75, 3.05) is 26.0 Å². The minimum absolute atomic E-state index is 0.267. The van der Waals surface area contributed by atoms with E-state index in [-0.39, 0.29) is 11.0 Å². The van der Waals surface area contributed by atoms with Crippen molar-refractivity contribution in [1.82, 2.24) is 5.32 Å². The van der Waals surface area contributed by atoms with Gasteiger partial charge in [-0.25, -0.2) is 8.42 Å². The van der Waals surface area contributed by atoms with Crippen LogP contribution in [0.15, 0.2) is 29.2 Å². The molecular weight excluding hydrogens is 290 g/mol. The van der Waals surface area contributed by atoms with Gasteiger partial charge in [0.15, 0.2) is 9.84 Å². The van der Waals surface area contributed by atoms with Crippen LogP contribution in [0.5, 0.6) is 0 Å². The van der Waals surface area contributed by atoms with Gasteiger partial charge in [0, 0.05) is 26.0 Å². The van der Waals surface area contributed by atoms with Gasteiger partial charge < -0.3 is 15.2 Å². The molecular formula is C15H23NO4S. The second-order valence-corrected chi connectivity index (χ2v) is 7.66. The van der Waals surface area contributed by atoms with E-state index in [0.717, 1.165) is 19.6 Å². The van der Waals surface area contributed by atoms with Crippen LogP contribution in [0.1, 0.15) is 25.0 Å². The summed E-state index contributed by atoms with van der Waals surface area (Å²) in [6.45, 7) is 4.14. The lowest BCUT2D eigenvalue weighted by atomic mass is 10.0. The van der Waals surface area contributed by atoms with Gasteiger partial charge in [-0.3, -0.25) is 0 Å². The Kier molecular flexibility index (Phi) is 5.37. The van der Waals surface area contributed by atoms with Crippen LogP contribution >= 0.6 is 0 Å². The van der Waals surface area contributed by atoms with E-state index in [1.807, 2.05) is 0 Å². The van der Waals surface area contributed by atoms with Crippen LogP contribution in [0.3, 0.4) is 0 Å². The van der Waals surface area contributed by atoms with Crippen molar-refractivity contribution in [3.05, 3.63) is 29.8 Å². The first-order chi connectivity index (χ1) is 9.88. The Morgan fingerprint density at radius 3 is 2.57 bits per heavy atom. The topological polar surface area (TPSA) is 75.6 Å². The van der Waals surface area contributed by atoms with Crippen molar-refractivity contribution in [2.45, 2.75) is 30.4 Å². The average molecular weight is 313 g/mol. The van der Waals surface area contributed by atoms with Crippen molar-refractivity contribution in [2.24, 2.45) is 5.92 Å². The smallest absolute Gasteiger partial charge is 0.175 e. The van der Waals surface area contributed by atoms with E-state index < -0.39 is 15.9 Å². The standard InChI is InChI=1S/C15H23NO4S/c1-11-13(7-8-20-11)9-16-10-15(17)12-3-5-14(6-4-12)21(2,18)19/h3-6,11,13,15-17H,7-10H2,1-2H3. The van der Waals surface area contributed by atoms with Gasteiger partial charge in [0.05, 0.1) is 17.1 Å². The maximum Gasteiger partial charge on any atom is 0.175 e. The summed E-state index contributed by atoms with van der Waals surface area (Å²) in [6, 6.07) is 6.37. The SMILES string of the molecule is CC1OCCC1CNCC(O)c1ccc(S(C)(=O)=O)cc1. The first-order valence-corrected chi connectivity index (χ1v) is 9.07. The molecule has 1 heterocycles. The summed E-state index contributed by atoms with van der Waals surface area (Å²) in [6.07, 6.45) is 1.85. The van der Waals surface area contributed by atoms with Crippen molar-refractivity contribution in [1.29, 1.82) is 0 Å². The highest BCUT2D eigenvalue weighted by Crippen LogP contribution is 2.20. The molecule has 0 amide bonds. The molecule has 2 rings (SSSR count). The van der Waals surface area contributed by atoms with Crippen LogP contribution in [-0.4, -0.2) is 45.6 Å². The number of sulfone groups is 1. The second-order valence-electron chi connectivity index (χ2n) is 5.64. The molecule has 1 aliphatic heterocycles. The van der Waals surface area contributed by atoms with E-state index in [1.54, 1.807) is 12.1 Å². The quantitative estimate of drug-likeness (QED) is 0.823. The third-order valence-electron chi connectivity index (χ3n) is 3.97. The van der Waals surface area contributed by atoms with E-state index in [1.165, 1.54) is 18.4 Å². The number of hydrogen-bond acceptors (Lipinski definition) is 5. The second kappa shape index (κ2) is 6.87. The van der Waals surface area contributed by atoms with Gasteiger partial charge in [0.25, 0.3) is 0 Å². The van der Waals surface area contributed by atoms with Gasteiger partial charge in [-0.05, 0) is 37.0 Å². The highest BCUT2D eigenvalue weighted by molar-refractivity contribution is 7.90. The molecule has 0 aliphatic carbocycles. The molecule has 0 saturated carbocycles. The highest BCUT2D eigenvalue weighted by atomic mass is 32.2. The Morgan fingerprint density at radius 1 is 1.38 bits per heavy atom. The molecule has 1 saturated heterocycles. The lowest BCUT2D eigenvalue weighted by molar-refractivity contribution is 0.103. The minimum Gasteiger partial charge on any atom is -0.387 e. The molecule has 1 fully saturated rings. The average Bonchev–Trinajstić information content (AvgIpc) is 2.83. The highest BCUT2D eigenvalue weighted by Gasteiger charge is 2.23. The monoisotopic (exact) mass is 313 g/mol. The van der Waals surface area contributed by atoms with Crippen LogP contribution in [0.4, 0.5) is 0 Å². The zero-order valence-electron chi connectivity index (χ0n) is 12.5. The van der Waals surface area contributed by atoms with Gasteiger partial charge >= 0.3 is 0 Å². The van der Waals surface area contributed by atoms with Gasteiger partial charge in [-0.1, -0.05) is 12.1 Å². The van der Waals surface area contributed by atoms with E-state index in [4.69, 9.17) is 4.74 Å². The maximum atomic E-state index is 11.4. The summed E-state index contributed by atoms with van der Waals surface area (Å²) in [7, 11) is -3.19. The minimum atomic E-state index is -3.19. The van der Waals surface area contributed by atoms with E-state index in [9.17, 15) is 13.5 Å². The predicted molar refractivity (Wildman–Crippen MR) is 80.9 cm³/mol. The van der Waals surface area contributed by atoms with Crippen LogP contribution in [-0.2, 0) is 14.6 Å². The zero-order chi connectivity index (χ0) is 15.5. The summed E-state index contributed by atoms with van der Waals surface area (Å²) in [4.78, 5) is 0.267. The Morgan fingerprint density at radius 2 is 2.05 bits per heavy atom. The van der Waals surface area contributed by atoms with Crippen LogP contribution in [0, 0.1) is 5.92 Å². The zero-order valence-corrected chi connectivity index (χ0v) is 13.3. The lowest BCUT2D eigenvalue weighted by Crippen LogP contribution is -2.30. The van der Waals surface area contributed by atoms with Gasteiger partial charge in [-0.2, -0.15) is 0 Å². The number of aliphatic hydroxyl groups excluding tert-OH is 1. The van der Waals surface area contributed by atoms with E-state index in [2.05, 4.69) is 12.2 Å². The molecule has 118 valence electrons. The Hall–Kier alpha value is -0.950. The lowest BCUT2D eigenvalue weighted by Gasteiger charge is -2.17. The molecule has 0 spiro atoms. The number of benzene rings is 1. The molecule has 21 heavy (non-hydrogen) atoms. The summed E-state index contributed by atoms with van der Waals surface area (Å²) in [5, 5.41) is 13.4. The fraction of sp³-hybridized carbons (Fsp3) is 0.600. The van der Waals surface area contributed by atoms with E-state index in [0.29, 0.717) is 18.0 Å². The van der Waals surface area contributed by atoms with Gasteiger partial charge in [0.1, 0.15) is 0 Å². The molecule has 1 aromatic rings. The third kappa shape index (κ3) is 4.51. The molecule has 6 heteroatoms. The summed E-state index contributed by atoms with van der Waals surface area (Å²) in [5.41, 5.74) is 0.714. The third-order valence-corrected chi connectivity index (χ3v) is 5.10. The number of hydrogen-bond donors (Lipinski definition) is 2. The van der Waals surface area contributed by atoms with Crippen molar-refractivity contribution >= 4 is 9.84 Å². The van der Waals surface area contributed by atoms with Gasteiger partial charge in [-0.15, -0.1) is 0 Å². The molecule has 5 nitrogen and oxygen atoms in total. The number of nitrogens with one attached hydrogen (secondary N) is 1. The predicted octanol–water partition coefficient (Wildman–Crippen LogP) is 1.14. The molecule has 3 atom stereocenters. The number of ether oxygens (including phenoxy) is 1. The molecule has 0 aromatic heterocycles. The van der Waals surface area contributed by atoms with Crippen LogP contribution in [0.2, 0.25) is 0 Å². The van der Waals surface area contributed by atoms with Crippen molar-refractivity contribution in [3.63, 3.8) is 0 Å². The summed E-state index contributed by atoms with van der Waals surface area (Å²) in [5.74, 6) is 0.491. The fourth-order valence-corrected chi connectivity index (χ4v) is 3.14. The maximum absolute atomic E-state index is 11.4. The molecule has 0 radical (unpaired) electrons. The molecule has 2 N–H and O–H groups in total. The van der Waals surface area contributed by atoms with Crippen molar-refractivity contribution < 1.29 is 18.3 Å². The Balaban J connectivity index is 1.84. The first kappa shape index (κ1) is 16.4. The van der Waals surface area contributed by atoms with Gasteiger partial charge in [0.2, 0.25) is 0 Å². The summed E-state index contributed by atoms with van der Waals surface area (Å²) >= 11 is 0. The van der Waals surface area contributed by atoms with Crippen LogP contribution < -0.4 is 5.32 Å². The first-order valence-electron chi connectivity index (χ1n) is 7.18.